The maximum Gasteiger partial charge on any atom is 0.0669 e. The smallest absolute Gasteiger partial charge is 0.0669 e. The van der Waals surface area contributed by atoms with Gasteiger partial charge >= 0.3 is 0 Å². The molecule has 1 fully saturated rings. The van der Waals surface area contributed by atoms with Crippen molar-refractivity contribution in [3.8, 4) is 0 Å². The summed E-state index contributed by atoms with van der Waals surface area (Å²) >= 11 is 7.35. The van der Waals surface area contributed by atoms with E-state index >= 15 is 0 Å². The van der Waals surface area contributed by atoms with Crippen LogP contribution in [0.5, 0.6) is 0 Å². The molecule has 1 rings (SSSR count). The second-order valence-electron chi connectivity index (χ2n) is 3.02. The standard InChI is InChI=1S/C8H13ClOS/c1-6(3-9)2-7-4-11-5-8(7)10/h3,7-8,10H,2,4-5H2,1H3. The van der Waals surface area contributed by atoms with Crippen LogP contribution in [-0.4, -0.2) is 22.7 Å². The summed E-state index contributed by atoms with van der Waals surface area (Å²) in [7, 11) is 0. The van der Waals surface area contributed by atoms with Crippen molar-refractivity contribution in [3.63, 3.8) is 0 Å². The zero-order chi connectivity index (χ0) is 8.27. The fourth-order valence-corrected chi connectivity index (χ4v) is 2.62. The molecule has 1 nitrogen and oxygen atoms in total. The summed E-state index contributed by atoms with van der Waals surface area (Å²) in [4.78, 5) is 0. The molecular formula is C8H13ClOS. The van der Waals surface area contributed by atoms with Crippen molar-refractivity contribution in [3.05, 3.63) is 11.1 Å². The maximum atomic E-state index is 9.44. The largest absolute Gasteiger partial charge is 0.392 e. The van der Waals surface area contributed by atoms with Crippen LogP contribution in [0.15, 0.2) is 11.1 Å². The molecule has 1 heterocycles. The normalized spacial score (nSPS) is 32.8. The third kappa shape index (κ3) is 2.69. The van der Waals surface area contributed by atoms with Gasteiger partial charge in [0.1, 0.15) is 0 Å². The lowest BCUT2D eigenvalue weighted by Gasteiger charge is -2.12. The van der Waals surface area contributed by atoms with Gasteiger partial charge in [-0.05, 0) is 25.0 Å². The van der Waals surface area contributed by atoms with E-state index in [1.54, 1.807) is 5.54 Å². The molecule has 11 heavy (non-hydrogen) atoms. The van der Waals surface area contributed by atoms with Gasteiger partial charge in [0.15, 0.2) is 0 Å². The fraction of sp³-hybridized carbons (Fsp3) is 0.750. The van der Waals surface area contributed by atoms with E-state index in [0.717, 1.165) is 17.9 Å². The van der Waals surface area contributed by atoms with Gasteiger partial charge in [-0.1, -0.05) is 17.2 Å². The number of hydrogen-bond donors (Lipinski definition) is 1. The van der Waals surface area contributed by atoms with Crippen LogP contribution in [0, 0.1) is 5.92 Å². The number of aliphatic hydroxyl groups excluding tert-OH is 1. The first-order valence-corrected chi connectivity index (χ1v) is 5.35. The third-order valence-corrected chi connectivity index (χ3v) is 3.55. The fourth-order valence-electron chi connectivity index (χ4n) is 1.24. The zero-order valence-corrected chi connectivity index (χ0v) is 8.16. The Kier molecular flexibility index (Phi) is 3.76. The second-order valence-corrected chi connectivity index (χ2v) is 4.32. The molecule has 1 aliphatic heterocycles. The first-order valence-electron chi connectivity index (χ1n) is 3.75. The van der Waals surface area contributed by atoms with E-state index in [9.17, 15) is 5.11 Å². The van der Waals surface area contributed by atoms with Crippen molar-refractivity contribution in [2.45, 2.75) is 19.4 Å². The Morgan fingerprint density at radius 1 is 1.73 bits per heavy atom. The van der Waals surface area contributed by atoms with E-state index < -0.39 is 0 Å². The summed E-state index contributed by atoms with van der Waals surface area (Å²) in [5.41, 5.74) is 2.77. The molecule has 2 atom stereocenters. The van der Waals surface area contributed by atoms with E-state index in [-0.39, 0.29) is 6.10 Å². The van der Waals surface area contributed by atoms with E-state index in [1.165, 1.54) is 5.57 Å². The number of thioether (sulfide) groups is 1. The van der Waals surface area contributed by atoms with Gasteiger partial charge in [-0.25, -0.2) is 0 Å². The van der Waals surface area contributed by atoms with Crippen molar-refractivity contribution in [1.29, 1.82) is 0 Å². The maximum absolute atomic E-state index is 9.44. The average molecular weight is 193 g/mol. The Balaban J connectivity index is 2.36. The minimum absolute atomic E-state index is 0.119. The first kappa shape index (κ1) is 9.43. The Labute approximate surface area is 76.8 Å². The molecular weight excluding hydrogens is 180 g/mol. The van der Waals surface area contributed by atoms with Crippen LogP contribution in [0.25, 0.3) is 0 Å². The lowest BCUT2D eigenvalue weighted by Crippen LogP contribution is -2.17. The molecule has 0 radical (unpaired) electrons. The molecule has 0 aromatic carbocycles. The van der Waals surface area contributed by atoms with Gasteiger partial charge in [-0.15, -0.1) is 0 Å². The summed E-state index contributed by atoms with van der Waals surface area (Å²) < 4.78 is 0. The van der Waals surface area contributed by atoms with E-state index in [1.807, 2.05) is 18.7 Å². The molecule has 1 N–H and O–H groups in total. The molecule has 0 saturated carbocycles. The third-order valence-electron chi connectivity index (χ3n) is 1.94. The molecule has 0 bridgehead atoms. The van der Waals surface area contributed by atoms with Crippen molar-refractivity contribution < 1.29 is 5.11 Å². The van der Waals surface area contributed by atoms with E-state index in [4.69, 9.17) is 11.6 Å². The molecule has 0 amide bonds. The quantitative estimate of drug-likeness (QED) is 0.725. The molecule has 1 aliphatic rings. The van der Waals surface area contributed by atoms with Crippen LogP contribution in [0.1, 0.15) is 13.3 Å². The van der Waals surface area contributed by atoms with E-state index in [0.29, 0.717) is 5.92 Å². The predicted molar refractivity (Wildman–Crippen MR) is 51.0 cm³/mol. The SMILES string of the molecule is CC(=CCl)CC1CSCC1O. The highest BCUT2D eigenvalue weighted by atomic mass is 35.5. The molecule has 0 aromatic heterocycles. The summed E-state index contributed by atoms with van der Waals surface area (Å²) in [6, 6.07) is 0. The number of hydrogen-bond acceptors (Lipinski definition) is 2. The number of allylic oxidation sites excluding steroid dienone is 1. The van der Waals surface area contributed by atoms with Gasteiger partial charge in [0.25, 0.3) is 0 Å². The van der Waals surface area contributed by atoms with Gasteiger partial charge in [-0.3, -0.25) is 0 Å². The summed E-state index contributed by atoms with van der Waals surface area (Å²) in [5.74, 6) is 2.39. The molecule has 3 heteroatoms. The second kappa shape index (κ2) is 4.39. The average Bonchev–Trinajstić information content (AvgIpc) is 2.37. The minimum Gasteiger partial charge on any atom is -0.392 e. The number of rotatable bonds is 2. The van der Waals surface area contributed by atoms with Crippen LogP contribution in [0.3, 0.4) is 0 Å². The van der Waals surface area contributed by atoms with E-state index in [2.05, 4.69) is 0 Å². The van der Waals surface area contributed by atoms with Gasteiger partial charge in [-0.2, -0.15) is 11.8 Å². The van der Waals surface area contributed by atoms with Crippen LogP contribution < -0.4 is 0 Å². The van der Waals surface area contributed by atoms with Crippen molar-refractivity contribution in [1.82, 2.24) is 0 Å². The zero-order valence-electron chi connectivity index (χ0n) is 6.59. The molecule has 2 unspecified atom stereocenters. The highest BCUT2D eigenvalue weighted by molar-refractivity contribution is 7.99. The lowest BCUT2D eigenvalue weighted by molar-refractivity contribution is 0.150. The molecule has 0 aromatic rings. The lowest BCUT2D eigenvalue weighted by atomic mass is 9.99. The minimum atomic E-state index is -0.119. The molecule has 1 saturated heterocycles. The first-order chi connectivity index (χ1) is 5.24. The van der Waals surface area contributed by atoms with Gasteiger partial charge < -0.3 is 5.11 Å². The molecule has 64 valence electrons. The number of aliphatic hydroxyl groups is 1. The van der Waals surface area contributed by atoms with Crippen LogP contribution in [-0.2, 0) is 0 Å². The Bertz CT molecular complexity index is 158. The predicted octanol–water partition coefficient (Wildman–Crippen LogP) is 2.24. The van der Waals surface area contributed by atoms with Crippen molar-refractivity contribution in [2.75, 3.05) is 11.5 Å². The Hall–Kier alpha value is 0.340. The topological polar surface area (TPSA) is 20.2 Å². The summed E-state index contributed by atoms with van der Waals surface area (Å²) in [6.07, 6.45) is 0.823. The van der Waals surface area contributed by atoms with Gasteiger partial charge in [0, 0.05) is 11.3 Å². The Morgan fingerprint density at radius 3 is 2.91 bits per heavy atom. The Morgan fingerprint density at radius 2 is 2.45 bits per heavy atom. The van der Waals surface area contributed by atoms with Gasteiger partial charge in [0.2, 0.25) is 0 Å². The molecule has 0 spiro atoms. The van der Waals surface area contributed by atoms with Crippen molar-refractivity contribution in [2.24, 2.45) is 5.92 Å². The molecule has 0 aliphatic carbocycles. The highest BCUT2D eigenvalue weighted by Gasteiger charge is 2.25. The summed E-state index contributed by atoms with van der Waals surface area (Å²) in [5, 5.41) is 9.44. The van der Waals surface area contributed by atoms with Gasteiger partial charge in [0.05, 0.1) is 6.10 Å². The number of halogens is 1. The van der Waals surface area contributed by atoms with Crippen LogP contribution >= 0.6 is 23.4 Å². The van der Waals surface area contributed by atoms with Crippen LogP contribution in [0.4, 0.5) is 0 Å². The summed E-state index contributed by atoms with van der Waals surface area (Å²) in [6.45, 7) is 2.00. The highest BCUT2D eigenvalue weighted by Crippen LogP contribution is 2.29. The van der Waals surface area contributed by atoms with Crippen LogP contribution in [0.2, 0.25) is 0 Å². The monoisotopic (exact) mass is 192 g/mol. The van der Waals surface area contributed by atoms with Crippen molar-refractivity contribution >= 4 is 23.4 Å².